The van der Waals surface area contributed by atoms with Gasteiger partial charge in [-0.3, -0.25) is 10.4 Å². The molecule has 1 aliphatic carbocycles. The number of hydrogen-bond acceptors (Lipinski definition) is 2. The maximum Gasteiger partial charge on any atom is 0.0873 e. The lowest BCUT2D eigenvalue weighted by atomic mass is 9.87. The molecule has 140 valence electrons. The predicted molar refractivity (Wildman–Crippen MR) is 114 cm³/mol. The Kier molecular flexibility index (Phi) is 9.08. The Hall–Kier alpha value is -2.13. The summed E-state index contributed by atoms with van der Waals surface area (Å²) in [6.45, 7) is 11.8. The number of nitrogens with one attached hydrogen (secondary N) is 1. The smallest absolute Gasteiger partial charge is 0.0873 e. The van der Waals surface area contributed by atoms with E-state index < -0.39 is 0 Å². The third-order valence-corrected chi connectivity index (χ3v) is 4.11. The summed E-state index contributed by atoms with van der Waals surface area (Å²) in [5, 5.41) is 6.95. The van der Waals surface area contributed by atoms with Crippen molar-refractivity contribution in [1.82, 2.24) is 4.98 Å². The average molecular weight is 372 g/mol. The van der Waals surface area contributed by atoms with Crippen molar-refractivity contribution in [2.24, 2.45) is 11.7 Å². The van der Waals surface area contributed by atoms with Gasteiger partial charge in [0.05, 0.1) is 10.9 Å². The van der Waals surface area contributed by atoms with Gasteiger partial charge in [-0.2, -0.15) is 0 Å². The maximum atomic E-state index is 6.28. The molecule has 0 spiro atoms. The topological polar surface area (TPSA) is 62.8 Å². The van der Waals surface area contributed by atoms with Gasteiger partial charge < -0.3 is 5.73 Å². The van der Waals surface area contributed by atoms with E-state index in [1.807, 2.05) is 26.1 Å². The van der Waals surface area contributed by atoms with Crippen molar-refractivity contribution >= 4 is 17.4 Å². The second-order valence-electron chi connectivity index (χ2n) is 6.36. The van der Waals surface area contributed by atoms with Crippen LogP contribution in [0.2, 0.25) is 5.02 Å². The first-order valence-electron chi connectivity index (χ1n) is 9.05. The van der Waals surface area contributed by atoms with Crippen molar-refractivity contribution in [2.45, 2.75) is 46.5 Å². The number of nitrogens with two attached hydrogens (primary N) is 1. The van der Waals surface area contributed by atoms with E-state index in [0.29, 0.717) is 10.9 Å². The van der Waals surface area contributed by atoms with Crippen LogP contribution in [0.4, 0.5) is 0 Å². The molecule has 3 nitrogen and oxygen atoms in total. The Morgan fingerprint density at radius 1 is 1.19 bits per heavy atom. The van der Waals surface area contributed by atoms with Crippen molar-refractivity contribution < 1.29 is 0 Å². The number of benzene rings is 1. The fourth-order valence-corrected chi connectivity index (χ4v) is 3.04. The SMILES string of the molecule is C=C(C)C(c1cccc(-c2cncc(Cl)c2)c1)C1CC1.CC.CC(=N)N. The van der Waals surface area contributed by atoms with E-state index in [0.717, 1.165) is 11.5 Å². The third-order valence-electron chi connectivity index (χ3n) is 3.91. The molecule has 0 amide bonds. The van der Waals surface area contributed by atoms with Crippen LogP contribution in [-0.2, 0) is 0 Å². The Morgan fingerprint density at radius 3 is 2.31 bits per heavy atom. The van der Waals surface area contributed by atoms with E-state index in [1.54, 1.807) is 6.20 Å². The molecule has 3 N–H and O–H groups in total. The van der Waals surface area contributed by atoms with Crippen molar-refractivity contribution in [2.75, 3.05) is 0 Å². The minimum absolute atomic E-state index is 0.167. The van der Waals surface area contributed by atoms with Crippen LogP contribution in [0.25, 0.3) is 11.1 Å². The first-order chi connectivity index (χ1) is 12.4. The van der Waals surface area contributed by atoms with Crippen molar-refractivity contribution in [3.63, 3.8) is 0 Å². The number of allylic oxidation sites excluding steroid dienone is 1. The summed E-state index contributed by atoms with van der Waals surface area (Å²) >= 11 is 6.03. The van der Waals surface area contributed by atoms with Crippen LogP contribution < -0.4 is 5.73 Å². The zero-order chi connectivity index (χ0) is 19.7. The lowest BCUT2D eigenvalue weighted by molar-refractivity contribution is 0.692. The number of halogens is 1. The minimum Gasteiger partial charge on any atom is -0.388 e. The molecule has 0 bridgehead atoms. The second kappa shape index (κ2) is 10.8. The predicted octanol–water partition coefficient (Wildman–Crippen LogP) is 6.44. The van der Waals surface area contributed by atoms with E-state index in [2.05, 4.69) is 42.8 Å². The Balaban J connectivity index is 0.000000500. The molecule has 0 radical (unpaired) electrons. The third kappa shape index (κ3) is 7.01. The van der Waals surface area contributed by atoms with Crippen LogP contribution in [0.1, 0.15) is 52.0 Å². The molecule has 1 unspecified atom stereocenters. The molecule has 1 atom stereocenters. The number of rotatable bonds is 4. The van der Waals surface area contributed by atoms with E-state index >= 15 is 0 Å². The fraction of sp³-hybridized carbons (Fsp3) is 0.364. The van der Waals surface area contributed by atoms with E-state index in [1.165, 1.54) is 36.5 Å². The monoisotopic (exact) mass is 371 g/mol. The highest BCUT2D eigenvalue weighted by atomic mass is 35.5. The van der Waals surface area contributed by atoms with E-state index in [-0.39, 0.29) is 5.84 Å². The number of aromatic nitrogens is 1. The number of hydrogen-bond donors (Lipinski definition) is 2. The lowest BCUT2D eigenvalue weighted by Gasteiger charge is -2.18. The quantitative estimate of drug-likeness (QED) is 0.369. The largest absolute Gasteiger partial charge is 0.388 e. The zero-order valence-corrected chi connectivity index (χ0v) is 17.0. The molecule has 0 saturated heterocycles. The van der Waals surface area contributed by atoms with Crippen LogP contribution in [0.5, 0.6) is 0 Å². The van der Waals surface area contributed by atoms with E-state index in [4.69, 9.17) is 22.7 Å². The Bertz CT molecular complexity index is 732. The summed E-state index contributed by atoms with van der Waals surface area (Å²) in [6, 6.07) is 10.6. The Labute approximate surface area is 162 Å². The van der Waals surface area contributed by atoms with Crippen LogP contribution >= 0.6 is 11.6 Å². The van der Waals surface area contributed by atoms with Gasteiger partial charge >= 0.3 is 0 Å². The first kappa shape index (κ1) is 21.9. The molecule has 0 aliphatic heterocycles. The van der Waals surface area contributed by atoms with Gasteiger partial charge in [0, 0.05) is 23.9 Å². The molecule has 4 heteroatoms. The summed E-state index contributed by atoms with van der Waals surface area (Å²) in [6.07, 6.45) is 6.16. The summed E-state index contributed by atoms with van der Waals surface area (Å²) in [5.41, 5.74) is 9.55. The highest BCUT2D eigenvalue weighted by Gasteiger charge is 2.32. The summed E-state index contributed by atoms with van der Waals surface area (Å²) < 4.78 is 0. The van der Waals surface area contributed by atoms with Gasteiger partial charge in [0.25, 0.3) is 0 Å². The lowest BCUT2D eigenvalue weighted by Crippen LogP contribution is -2.02. The molecule has 1 aromatic carbocycles. The highest BCUT2D eigenvalue weighted by Crippen LogP contribution is 2.46. The molecular weight excluding hydrogens is 342 g/mol. The van der Waals surface area contributed by atoms with Crippen molar-refractivity contribution in [3.05, 3.63) is 65.5 Å². The average Bonchev–Trinajstić information content (AvgIpc) is 3.41. The van der Waals surface area contributed by atoms with Gasteiger partial charge in [0.2, 0.25) is 0 Å². The molecular formula is C22H30ClN3. The first-order valence-corrected chi connectivity index (χ1v) is 9.43. The molecule has 1 aliphatic rings. The molecule has 1 saturated carbocycles. The normalized spacial score (nSPS) is 13.4. The number of pyridine rings is 1. The number of amidine groups is 1. The van der Waals surface area contributed by atoms with Crippen LogP contribution in [0.15, 0.2) is 54.9 Å². The minimum atomic E-state index is 0.167. The second-order valence-corrected chi connectivity index (χ2v) is 6.80. The standard InChI is InChI=1S/C18H18ClN.C2H6N2.C2H6/c1-12(2)18(13-6-7-13)15-5-3-4-14(8-15)16-9-17(19)11-20-10-16;1-2(3)4;1-2/h3-5,8-11,13,18H,1,6-7H2,2H3;1H3,(H3,3,4);1-2H3. The van der Waals surface area contributed by atoms with Gasteiger partial charge in [-0.1, -0.05) is 61.9 Å². The molecule has 26 heavy (non-hydrogen) atoms. The number of nitrogens with zero attached hydrogens (tertiary/aromatic N) is 1. The van der Waals surface area contributed by atoms with Crippen LogP contribution in [0.3, 0.4) is 0 Å². The summed E-state index contributed by atoms with van der Waals surface area (Å²) in [5.74, 6) is 1.43. The van der Waals surface area contributed by atoms with Gasteiger partial charge in [0.15, 0.2) is 0 Å². The van der Waals surface area contributed by atoms with Gasteiger partial charge in [0.1, 0.15) is 0 Å². The van der Waals surface area contributed by atoms with Crippen molar-refractivity contribution in [1.29, 1.82) is 5.41 Å². The molecule has 1 heterocycles. The fourth-order valence-electron chi connectivity index (χ4n) is 2.87. The highest BCUT2D eigenvalue weighted by molar-refractivity contribution is 6.30. The van der Waals surface area contributed by atoms with Crippen molar-refractivity contribution in [3.8, 4) is 11.1 Å². The Morgan fingerprint density at radius 2 is 1.81 bits per heavy atom. The molecule has 3 rings (SSSR count). The van der Waals surface area contributed by atoms with Gasteiger partial charge in [-0.05, 0) is 49.8 Å². The van der Waals surface area contributed by atoms with Crippen LogP contribution in [0, 0.1) is 11.3 Å². The van der Waals surface area contributed by atoms with Crippen LogP contribution in [-0.4, -0.2) is 10.8 Å². The van der Waals surface area contributed by atoms with Gasteiger partial charge in [-0.15, -0.1) is 0 Å². The zero-order valence-electron chi connectivity index (χ0n) is 16.2. The maximum absolute atomic E-state index is 6.28. The summed E-state index contributed by atoms with van der Waals surface area (Å²) in [7, 11) is 0. The molecule has 2 aromatic rings. The summed E-state index contributed by atoms with van der Waals surface area (Å²) in [4.78, 5) is 4.17. The van der Waals surface area contributed by atoms with E-state index in [9.17, 15) is 0 Å². The molecule has 1 fully saturated rings. The molecule has 1 aromatic heterocycles. The van der Waals surface area contributed by atoms with Gasteiger partial charge in [-0.25, -0.2) is 0 Å².